The molecule has 1 aromatic carbocycles. The normalized spacial score (nSPS) is 22.6. The molecule has 1 saturated heterocycles. The Balaban J connectivity index is 1.46. The van der Waals surface area contributed by atoms with Crippen molar-refractivity contribution in [2.45, 2.75) is 31.7 Å². The highest BCUT2D eigenvalue weighted by molar-refractivity contribution is 5.77. The van der Waals surface area contributed by atoms with E-state index in [4.69, 9.17) is 4.74 Å². The van der Waals surface area contributed by atoms with Crippen LogP contribution in [-0.2, 0) is 11.8 Å². The Morgan fingerprint density at radius 3 is 2.69 bits per heavy atom. The van der Waals surface area contributed by atoms with Crippen LogP contribution in [0.5, 0.6) is 5.75 Å². The van der Waals surface area contributed by atoms with E-state index in [-0.39, 0.29) is 17.6 Å². The first-order chi connectivity index (χ1) is 12.6. The number of hydrogen-bond donors (Lipinski definition) is 1. The van der Waals surface area contributed by atoms with Gasteiger partial charge in [0.1, 0.15) is 5.75 Å². The van der Waals surface area contributed by atoms with Crippen LogP contribution in [0.3, 0.4) is 0 Å². The van der Waals surface area contributed by atoms with Crippen molar-refractivity contribution >= 4 is 5.91 Å². The van der Waals surface area contributed by atoms with Gasteiger partial charge in [0.05, 0.1) is 19.1 Å². The van der Waals surface area contributed by atoms with Gasteiger partial charge in [-0.1, -0.05) is 18.2 Å². The van der Waals surface area contributed by atoms with Crippen molar-refractivity contribution in [3.63, 3.8) is 0 Å². The molecule has 2 heterocycles. The van der Waals surface area contributed by atoms with Gasteiger partial charge in [0.15, 0.2) is 5.82 Å². The molecule has 1 N–H and O–H groups in total. The number of nitrogens with zero attached hydrogens (tertiary/aromatic N) is 3. The molecule has 138 valence electrons. The summed E-state index contributed by atoms with van der Waals surface area (Å²) in [5.74, 6) is 2.53. The molecule has 2 aromatic rings. The number of para-hydroxylation sites is 1. The third-order valence-corrected chi connectivity index (χ3v) is 5.50. The molecule has 1 aromatic heterocycles. The van der Waals surface area contributed by atoms with Gasteiger partial charge < -0.3 is 9.64 Å². The maximum absolute atomic E-state index is 12.8. The number of ether oxygens (including phenoxy) is 1. The molecule has 2 fully saturated rings. The van der Waals surface area contributed by atoms with Crippen molar-refractivity contribution in [1.29, 1.82) is 0 Å². The number of aromatic amines is 1. The van der Waals surface area contributed by atoms with Gasteiger partial charge in [0.2, 0.25) is 5.91 Å². The van der Waals surface area contributed by atoms with Gasteiger partial charge in [-0.3, -0.25) is 9.36 Å². The topological polar surface area (TPSA) is 80.2 Å². The highest BCUT2D eigenvalue weighted by Gasteiger charge is 2.47. The second-order valence-corrected chi connectivity index (χ2v) is 7.18. The Bertz CT molecular complexity index is 825. The predicted octanol–water partition coefficient (Wildman–Crippen LogP) is 1.88. The number of rotatable bonds is 6. The predicted molar refractivity (Wildman–Crippen MR) is 95.7 cm³/mol. The summed E-state index contributed by atoms with van der Waals surface area (Å²) in [6, 6.07) is 9.39. The van der Waals surface area contributed by atoms with Gasteiger partial charge in [-0.25, -0.2) is 9.89 Å². The summed E-state index contributed by atoms with van der Waals surface area (Å²) in [5, 5.41) is 6.73. The Hall–Kier alpha value is -2.57. The molecule has 2 aliphatic rings. The van der Waals surface area contributed by atoms with Crippen molar-refractivity contribution in [3.05, 3.63) is 46.6 Å². The first-order valence-electron chi connectivity index (χ1n) is 9.24. The fourth-order valence-corrected chi connectivity index (χ4v) is 3.99. The number of hydrogen-bond acceptors (Lipinski definition) is 4. The minimum atomic E-state index is -0.235. The Kier molecular flexibility index (Phi) is 4.53. The average molecular weight is 356 g/mol. The molecular formula is C19H24N4O3. The molecule has 1 aliphatic carbocycles. The summed E-state index contributed by atoms with van der Waals surface area (Å²) in [4.78, 5) is 26.6. The van der Waals surface area contributed by atoms with Crippen molar-refractivity contribution in [2.24, 2.45) is 18.9 Å². The fourth-order valence-electron chi connectivity index (χ4n) is 3.99. The lowest BCUT2D eigenvalue weighted by Gasteiger charge is -2.27. The molecule has 1 amide bonds. The fraction of sp³-hybridized carbons (Fsp3) is 0.526. The third kappa shape index (κ3) is 3.25. The summed E-state index contributed by atoms with van der Waals surface area (Å²) in [5.41, 5.74) is -0.235. The lowest BCUT2D eigenvalue weighted by Crippen LogP contribution is -2.35. The van der Waals surface area contributed by atoms with Crippen LogP contribution >= 0.6 is 0 Å². The van der Waals surface area contributed by atoms with E-state index in [0.29, 0.717) is 30.7 Å². The van der Waals surface area contributed by atoms with Crippen LogP contribution in [0.25, 0.3) is 0 Å². The van der Waals surface area contributed by atoms with E-state index in [1.54, 1.807) is 7.05 Å². The number of aromatic nitrogens is 3. The summed E-state index contributed by atoms with van der Waals surface area (Å²) >= 11 is 0. The van der Waals surface area contributed by atoms with Crippen molar-refractivity contribution in [2.75, 3.05) is 13.2 Å². The highest BCUT2D eigenvalue weighted by Crippen LogP contribution is 2.49. The van der Waals surface area contributed by atoms with Gasteiger partial charge in [0, 0.05) is 13.6 Å². The van der Waals surface area contributed by atoms with Crippen molar-refractivity contribution < 1.29 is 9.53 Å². The number of nitrogens with one attached hydrogen (secondary N) is 1. The SMILES string of the molecule is Cn1c(C2C(C3CC3)CCN2C(=O)CCOc2ccccc2)n[nH]c1=O. The molecule has 4 rings (SSSR count). The summed E-state index contributed by atoms with van der Waals surface area (Å²) in [7, 11) is 1.71. The van der Waals surface area contributed by atoms with Crippen LogP contribution in [-0.4, -0.2) is 38.7 Å². The molecule has 1 saturated carbocycles. The highest BCUT2D eigenvalue weighted by atomic mass is 16.5. The van der Waals surface area contributed by atoms with Gasteiger partial charge in [-0.15, -0.1) is 0 Å². The molecule has 1 aliphatic heterocycles. The lowest BCUT2D eigenvalue weighted by molar-refractivity contribution is -0.133. The number of benzene rings is 1. The Labute approximate surface area is 152 Å². The summed E-state index contributed by atoms with van der Waals surface area (Å²) in [6.07, 6.45) is 3.71. The number of amides is 1. The standard InChI is InChI=1S/C19H24N4O3/c1-22-18(20-21-19(22)25)17-15(13-7-8-13)9-11-23(17)16(24)10-12-26-14-5-3-2-4-6-14/h2-6,13,15,17H,7-12H2,1H3,(H,21,25). The van der Waals surface area contributed by atoms with Crippen LogP contribution in [0.4, 0.5) is 0 Å². The smallest absolute Gasteiger partial charge is 0.343 e. The van der Waals surface area contributed by atoms with Crippen molar-refractivity contribution in [1.82, 2.24) is 19.7 Å². The van der Waals surface area contributed by atoms with E-state index in [2.05, 4.69) is 10.2 Å². The van der Waals surface area contributed by atoms with E-state index >= 15 is 0 Å². The first kappa shape index (κ1) is 16.9. The monoisotopic (exact) mass is 356 g/mol. The zero-order valence-electron chi connectivity index (χ0n) is 14.9. The Morgan fingerprint density at radius 2 is 2.04 bits per heavy atom. The molecule has 0 bridgehead atoms. The molecule has 0 spiro atoms. The van der Waals surface area contributed by atoms with Gasteiger partial charge >= 0.3 is 5.69 Å². The zero-order chi connectivity index (χ0) is 18.1. The van der Waals surface area contributed by atoms with Crippen LogP contribution in [0.1, 0.15) is 37.5 Å². The third-order valence-electron chi connectivity index (χ3n) is 5.50. The average Bonchev–Trinajstić information content (AvgIpc) is 3.33. The number of carbonyl (C=O) groups is 1. The molecule has 2 atom stereocenters. The maximum atomic E-state index is 12.8. The minimum absolute atomic E-state index is 0.0598. The summed E-state index contributed by atoms with van der Waals surface area (Å²) in [6.45, 7) is 1.07. The van der Waals surface area contributed by atoms with Gasteiger partial charge in [-0.2, -0.15) is 5.10 Å². The van der Waals surface area contributed by atoms with E-state index in [1.165, 1.54) is 17.4 Å². The molecular weight excluding hydrogens is 332 g/mol. The molecule has 26 heavy (non-hydrogen) atoms. The quantitative estimate of drug-likeness (QED) is 0.857. The first-order valence-corrected chi connectivity index (χ1v) is 9.24. The van der Waals surface area contributed by atoms with E-state index in [1.807, 2.05) is 35.2 Å². The molecule has 7 nitrogen and oxygen atoms in total. The lowest BCUT2D eigenvalue weighted by atomic mass is 9.94. The van der Waals surface area contributed by atoms with Gasteiger partial charge in [-0.05, 0) is 43.2 Å². The molecule has 7 heteroatoms. The van der Waals surface area contributed by atoms with E-state index in [0.717, 1.165) is 18.7 Å². The number of carbonyl (C=O) groups excluding carboxylic acids is 1. The summed E-state index contributed by atoms with van der Waals surface area (Å²) < 4.78 is 7.20. The van der Waals surface area contributed by atoms with Crippen LogP contribution in [0.15, 0.2) is 35.1 Å². The number of H-pyrrole nitrogens is 1. The van der Waals surface area contributed by atoms with Crippen LogP contribution in [0, 0.1) is 11.8 Å². The van der Waals surface area contributed by atoms with Crippen LogP contribution < -0.4 is 10.4 Å². The van der Waals surface area contributed by atoms with E-state index < -0.39 is 0 Å². The second kappa shape index (κ2) is 6.97. The maximum Gasteiger partial charge on any atom is 0.343 e. The minimum Gasteiger partial charge on any atom is -0.493 e. The molecule has 2 unspecified atom stereocenters. The molecule has 0 radical (unpaired) electrons. The largest absolute Gasteiger partial charge is 0.493 e. The zero-order valence-corrected chi connectivity index (χ0v) is 14.9. The van der Waals surface area contributed by atoms with Crippen LogP contribution in [0.2, 0.25) is 0 Å². The van der Waals surface area contributed by atoms with Crippen molar-refractivity contribution in [3.8, 4) is 5.75 Å². The van der Waals surface area contributed by atoms with E-state index in [9.17, 15) is 9.59 Å². The van der Waals surface area contributed by atoms with Gasteiger partial charge in [0.25, 0.3) is 0 Å². The Morgan fingerprint density at radius 1 is 1.27 bits per heavy atom. The number of likely N-dealkylation sites (tertiary alicyclic amines) is 1. The second-order valence-electron chi connectivity index (χ2n) is 7.18.